The molecule has 0 saturated carbocycles. The molecule has 18 heavy (non-hydrogen) atoms. The standard InChI is InChI=1S/C11H12ClN3O2S/c1-8-13-7-11(14-8)18(16,17)15-10-5-3-2-4-9(10)6-12/h2-5,7,15H,6H2,1H3,(H,13,14). The molecule has 2 N–H and O–H groups in total. The third-order valence-corrected chi connectivity index (χ3v) is 3.94. The van der Waals surface area contributed by atoms with Crippen LogP contribution in [0, 0.1) is 6.92 Å². The first kappa shape index (κ1) is 12.9. The van der Waals surface area contributed by atoms with Gasteiger partial charge in [-0.25, -0.2) is 4.98 Å². The van der Waals surface area contributed by atoms with E-state index in [4.69, 9.17) is 11.6 Å². The number of benzene rings is 1. The van der Waals surface area contributed by atoms with Gasteiger partial charge < -0.3 is 4.98 Å². The Morgan fingerprint density at radius 1 is 1.39 bits per heavy atom. The summed E-state index contributed by atoms with van der Waals surface area (Å²) in [5.74, 6) is 0.779. The molecule has 1 heterocycles. The molecule has 2 rings (SSSR count). The van der Waals surface area contributed by atoms with Crippen LogP contribution in [0.15, 0.2) is 35.5 Å². The zero-order valence-corrected chi connectivity index (χ0v) is 11.2. The third kappa shape index (κ3) is 2.65. The molecule has 1 aromatic carbocycles. The van der Waals surface area contributed by atoms with Crippen LogP contribution in [0.25, 0.3) is 0 Å². The van der Waals surface area contributed by atoms with E-state index in [1.807, 2.05) is 0 Å². The number of H-pyrrole nitrogens is 1. The van der Waals surface area contributed by atoms with Gasteiger partial charge in [-0.15, -0.1) is 11.6 Å². The molecule has 1 aromatic heterocycles. The molecule has 0 spiro atoms. The topological polar surface area (TPSA) is 74.8 Å². The van der Waals surface area contributed by atoms with E-state index in [9.17, 15) is 8.42 Å². The quantitative estimate of drug-likeness (QED) is 0.846. The monoisotopic (exact) mass is 285 g/mol. The molecule has 0 aliphatic heterocycles. The van der Waals surface area contributed by atoms with E-state index in [2.05, 4.69) is 14.7 Å². The lowest BCUT2D eigenvalue weighted by Gasteiger charge is -2.09. The molecule has 0 radical (unpaired) electrons. The number of sulfonamides is 1. The maximum atomic E-state index is 12.1. The Morgan fingerprint density at radius 2 is 2.11 bits per heavy atom. The first-order chi connectivity index (χ1) is 8.53. The van der Waals surface area contributed by atoms with Gasteiger partial charge in [0.15, 0.2) is 5.03 Å². The first-order valence-electron chi connectivity index (χ1n) is 5.21. The molecule has 0 bridgehead atoms. The Bertz CT molecular complexity index is 652. The van der Waals surface area contributed by atoms with E-state index in [0.29, 0.717) is 11.5 Å². The van der Waals surface area contributed by atoms with Gasteiger partial charge in [0.25, 0.3) is 10.0 Å². The predicted octanol–water partition coefficient (Wildman–Crippen LogP) is 2.26. The number of hydrogen-bond acceptors (Lipinski definition) is 3. The molecule has 5 nitrogen and oxygen atoms in total. The summed E-state index contributed by atoms with van der Waals surface area (Å²) in [4.78, 5) is 6.55. The number of halogens is 1. The van der Waals surface area contributed by atoms with Crippen LogP contribution in [0.4, 0.5) is 5.69 Å². The number of imidazole rings is 1. The second-order valence-electron chi connectivity index (χ2n) is 3.73. The Hall–Kier alpha value is -1.53. The lowest BCUT2D eigenvalue weighted by atomic mass is 10.2. The fraction of sp³-hybridized carbons (Fsp3) is 0.182. The summed E-state index contributed by atoms with van der Waals surface area (Å²) < 4.78 is 26.6. The number of hydrogen-bond donors (Lipinski definition) is 2. The lowest BCUT2D eigenvalue weighted by Crippen LogP contribution is -2.14. The van der Waals surface area contributed by atoms with Gasteiger partial charge in [-0.3, -0.25) is 4.72 Å². The highest BCUT2D eigenvalue weighted by atomic mass is 35.5. The SMILES string of the molecule is Cc1ncc(S(=O)(=O)Nc2ccccc2CCl)[nH]1. The summed E-state index contributed by atoms with van der Waals surface area (Å²) in [5.41, 5.74) is 1.19. The van der Waals surface area contributed by atoms with Crippen molar-refractivity contribution in [3.8, 4) is 0 Å². The van der Waals surface area contributed by atoms with E-state index in [1.165, 1.54) is 6.20 Å². The minimum absolute atomic E-state index is 0.0318. The van der Waals surface area contributed by atoms with Crippen molar-refractivity contribution < 1.29 is 8.42 Å². The lowest BCUT2D eigenvalue weighted by molar-refractivity contribution is 0.598. The molecule has 96 valence electrons. The normalized spacial score (nSPS) is 11.4. The van der Waals surface area contributed by atoms with Gasteiger partial charge >= 0.3 is 0 Å². The van der Waals surface area contributed by atoms with Crippen LogP contribution in [0.2, 0.25) is 0 Å². The van der Waals surface area contributed by atoms with Gasteiger partial charge in [-0.05, 0) is 18.6 Å². The molecule has 0 unspecified atom stereocenters. The van der Waals surface area contributed by atoms with Crippen LogP contribution < -0.4 is 4.72 Å². The number of aryl methyl sites for hydroxylation is 1. The largest absolute Gasteiger partial charge is 0.332 e. The minimum atomic E-state index is -3.65. The summed E-state index contributed by atoms with van der Waals surface area (Å²) in [6.45, 7) is 1.69. The molecular formula is C11H12ClN3O2S. The number of anilines is 1. The summed E-state index contributed by atoms with van der Waals surface area (Å²) in [6, 6.07) is 6.98. The highest BCUT2D eigenvalue weighted by Gasteiger charge is 2.17. The predicted molar refractivity (Wildman–Crippen MR) is 70.1 cm³/mol. The van der Waals surface area contributed by atoms with Crippen molar-refractivity contribution >= 4 is 27.3 Å². The van der Waals surface area contributed by atoms with E-state index in [0.717, 1.165) is 5.56 Å². The molecule has 2 aromatic rings. The van der Waals surface area contributed by atoms with Crippen molar-refractivity contribution in [1.29, 1.82) is 0 Å². The van der Waals surface area contributed by atoms with Crippen LogP contribution in [0.5, 0.6) is 0 Å². The Labute approximate surface area is 110 Å². The summed E-state index contributed by atoms with van der Waals surface area (Å²) in [5, 5.41) is 0.0318. The average molecular weight is 286 g/mol. The van der Waals surface area contributed by atoms with Crippen LogP contribution in [-0.4, -0.2) is 18.4 Å². The number of para-hydroxylation sites is 1. The minimum Gasteiger partial charge on any atom is -0.332 e. The number of nitrogens with zero attached hydrogens (tertiary/aromatic N) is 1. The number of nitrogens with one attached hydrogen (secondary N) is 2. The second-order valence-corrected chi connectivity index (χ2v) is 5.65. The van der Waals surface area contributed by atoms with E-state index in [-0.39, 0.29) is 10.9 Å². The molecule has 7 heteroatoms. The zero-order valence-electron chi connectivity index (χ0n) is 9.64. The smallest absolute Gasteiger partial charge is 0.278 e. The van der Waals surface area contributed by atoms with Crippen molar-refractivity contribution in [3.63, 3.8) is 0 Å². The van der Waals surface area contributed by atoms with Crippen molar-refractivity contribution in [3.05, 3.63) is 41.9 Å². The number of rotatable bonds is 4. The van der Waals surface area contributed by atoms with Crippen molar-refractivity contribution in [2.45, 2.75) is 17.8 Å². The summed E-state index contributed by atoms with van der Waals surface area (Å²) in [7, 11) is -3.65. The van der Waals surface area contributed by atoms with Crippen molar-refractivity contribution in [2.75, 3.05) is 4.72 Å². The number of aromatic amines is 1. The molecule has 0 atom stereocenters. The average Bonchev–Trinajstić information content (AvgIpc) is 2.77. The molecule has 0 aliphatic carbocycles. The van der Waals surface area contributed by atoms with Gasteiger partial charge in [0.1, 0.15) is 5.82 Å². The molecule has 0 amide bonds. The van der Waals surface area contributed by atoms with Crippen LogP contribution in [0.1, 0.15) is 11.4 Å². The van der Waals surface area contributed by atoms with E-state index in [1.54, 1.807) is 31.2 Å². The molecule has 0 saturated heterocycles. The highest BCUT2D eigenvalue weighted by Crippen LogP contribution is 2.20. The van der Waals surface area contributed by atoms with Crippen LogP contribution in [-0.2, 0) is 15.9 Å². The third-order valence-electron chi connectivity index (χ3n) is 2.37. The molecule has 0 fully saturated rings. The van der Waals surface area contributed by atoms with Gasteiger partial charge in [0, 0.05) is 5.88 Å². The molecule has 0 aliphatic rings. The number of aromatic nitrogens is 2. The van der Waals surface area contributed by atoms with Crippen LogP contribution in [0.3, 0.4) is 0 Å². The Balaban J connectivity index is 2.33. The summed E-state index contributed by atoms with van der Waals surface area (Å²) in [6.07, 6.45) is 1.28. The number of alkyl halides is 1. The van der Waals surface area contributed by atoms with Gasteiger partial charge in [-0.1, -0.05) is 18.2 Å². The molecular weight excluding hydrogens is 274 g/mol. The highest BCUT2D eigenvalue weighted by molar-refractivity contribution is 7.92. The van der Waals surface area contributed by atoms with Crippen molar-refractivity contribution in [2.24, 2.45) is 0 Å². The fourth-order valence-corrected chi connectivity index (χ4v) is 2.78. The maximum Gasteiger partial charge on any atom is 0.278 e. The van der Waals surface area contributed by atoms with Gasteiger partial charge in [0.2, 0.25) is 0 Å². The summed E-state index contributed by atoms with van der Waals surface area (Å²) >= 11 is 5.76. The second kappa shape index (κ2) is 4.99. The maximum absolute atomic E-state index is 12.1. The Kier molecular flexibility index (Phi) is 3.58. The van der Waals surface area contributed by atoms with E-state index >= 15 is 0 Å². The zero-order chi connectivity index (χ0) is 13.2. The first-order valence-corrected chi connectivity index (χ1v) is 7.23. The van der Waals surface area contributed by atoms with Gasteiger partial charge in [0.05, 0.1) is 11.9 Å². The van der Waals surface area contributed by atoms with E-state index < -0.39 is 10.0 Å². The van der Waals surface area contributed by atoms with Gasteiger partial charge in [-0.2, -0.15) is 8.42 Å². The van der Waals surface area contributed by atoms with Crippen LogP contribution >= 0.6 is 11.6 Å². The van der Waals surface area contributed by atoms with Crippen molar-refractivity contribution in [1.82, 2.24) is 9.97 Å². The Morgan fingerprint density at radius 3 is 2.72 bits per heavy atom. The fourth-order valence-electron chi connectivity index (χ4n) is 1.47.